The number of anilines is 2. The number of carbonyl (C=O) groups excluding carboxylic acids is 2. The molecule has 0 saturated carbocycles. The smallest absolute Gasteiger partial charge is 0.330 e. The largest absolute Gasteiger partial charge is 0.383 e. The van der Waals surface area contributed by atoms with Gasteiger partial charge in [0, 0.05) is 37.7 Å². The van der Waals surface area contributed by atoms with Gasteiger partial charge in [-0.05, 0) is 43.0 Å². The van der Waals surface area contributed by atoms with Crippen molar-refractivity contribution in [1.29, 1.82) is 0 Å². The predicted molar refractivity (Wildman–Crippen MR) is 141 cm³/mol. The van der Waals surface area contributed by atoms with Crippen molar-refractivity contribution in [3.05, 3.63) is 68.9 Å². The molecule has 0 atom stereocenters. The Bertz CT molecular complexity index is 1380. The topological polar surface area (TPSA) is 121 Å². The van der Waals surface area contributed by atoms with Crippen LogP contribution in [-0.2, 0) is 11.3 Å². The molecule has 0 spiro atoms. The van der Waals surface area contributed by atoms with Crippen molar-refractivity contribution in [2.24, 2.45) is 5.92 Å². The van der Waals surface area contributed by atoms with Gasteiger partial charge in [-0.3, -0.25) is 23.9 Å². The third-order valence-electron chi connectivity index (χ3n) is 6.95. The summed E-state index contributed by atoms with van der Waals surface area (Å²) in [7, 11) is 0. The number of unbranched alkanes of at least 4 members (excludes halogenated alkanes) is 1. The molecule has 2 heterocycles. The molecule has 3 N–H and O–H groups in total. The van der Waals surface area contributed by atoms with Gasteiger partial charge in [0.05, 0.1) is 0 Å². The molecule has 1 fully saturated rings. The average Bonchev–Trinajstić information content (AvgIpc) is 2.90. The average molecular weight is 492 g/mol. The van der Waals surface area contributed by atoms with Gasteiger partial charge in [0.2, 0.25) is 5.91 Å². The first-order chi connectivity index (χ1) is 17.4. The number of hydrogen-bond donors (Lipinski definition) is 2. The minimum atomic E-state index is -0.663. The van der Waals surface area contributed by atoms with Gasteiger partial charge in [-0.1, -0.05) is 49.7 Å². The molecule has 0 unspecified atom stereocenters. The van der Waals surface area contributed by atoms with Crippen LogP contribution in [0.4, 0.5) is 11.5 Å². The van der Waals surface area contributed by atoms with Gasteiger partial charge in [0.15, 0.2) is 5.69 Å². The van der Waals surface area contributed by atoms with Gasteiger partial charge in [0.1, 0.15) is 5.82 Å². The second-order valence-corrected chi connectivity index (χ2v) is 9.17. The normalized spacial score (nSPS) is 14.2. The summed E-state index contributed by atoms with van der Waals surface area (Å²) in [6, 6.07) is 13.5. The molecule has 3 aromatic rings. The van der Waals surface area contributed by atoms with E-state index in [-0.39, 0.29) is 35.8 Å². The number of fused-ring (bicyclic) bond motifs is 1. The highest BCUT2D eigenvalue weighted by Crippen LogP contribution is 2.27. The van der Waals surface area contributed by atoms with Crippen LogP contribution in [-0.4, -0.2) is 45.9 Å². The van der Waals surface area contributed by atoms with Crippen molar-refractivity contribution in [3.8, 4) is 0 Å². The Labute approximate surface area is 209 Å². The minimum absolute atomic E-state index is 0.0102. The molecule has 0 bridgehead atoms. The molecule has 1 aromatic heterocycles. The standard InChI is InChI=1S/C27H33N5O4/c1-3-5-15-32-23(28)22(24(33)29-27(32)36)31(4-2)25(34)19-13-16-30(17-14-19)26(35)21-12-8-10-18-9-6-7-11-20(18)21/h6-12,19H,3-5,13-17,28H2,1-2H3,(H,29,33,36). The summed E-state index contributed by atoms with van der Waals surface area (Å²) >= 11 is 0. The number of nitrogens with two attached hydrogens (primary N) is 1. The molecule has 4 rings (SSSR count). The van der Waals surface area contributed by atoms with Crippen molar-refractivity contribution in [3.63, 3.8) is 0 Å². The summed E-state index contributed by atoms with van der Waals surface area (Å²) in [6.07, 6.45) is 2.55. The van der Waals surface area contributed by atoms with Crippen molar-refractivity contribution in [2.45, 2.75) is 46.1 Å². The summed E-state index contributed by atoms with van der Waals surface area (Å²) in [6.45, 7) is 5.26. The maximum Gasteiger partial charge on any atom is 0.330 e. The summed E-state index contributed by atoms with van der Waals surface area (Å²) in [4.78, 5) is 57.2. The molecule has 9 heteroatoms. The number of nitrogens with one attached hydrogen (secondary N) is 1. The fourth-order valence-corrected chi connectivity index (χ4v) is 4.93. The molecule has 9 nitrogen and oxygen atoms in total. The van der Waals surface area contributed by atoms with Gasteiger partial charge in [0.25, 0.3) is 11.5 Å². The third kappa shape index (κ3) is 4.78. The predicted octanol–water partition coefficient (Wildman–Crippen LogP) is 2.98. The summed E-state index contributed by atoms with van der Waals surface area (Å²) in [5.74, 6) is -0.603. The van der Waals surface area contributed by atoms with E-state index in [4.69, 9.17) is 5.73 Å². The van der Waals surface area contributed by atoms with Crippen molar-refractivity contribution < 1.29 is 9.59 Å². The molecule has 2 aromatic carbocycles. The number of hydrogen-bond acceptors (Lipinski definition) is 5. The fraction of sp³-hybridized carbons (Fsp3) is 0.407. The lowest BCUT2D eigenvalue weighted by Crippen LogP contribution is -2.47. The molecule has 1 saturated heterocycles. The highest BCUT2D eigenvalue weighted by Gasteiger charge is 2.33. The third-order valence-corrected chi connectivity index (χ3v) is 6.95. The van der Waals surface area contributed by atoms with E-state index in [0.29, 0.717) is 38.0 Å². The number of nitrogens with zero attached hydrogens (tertiary/aromatic N) is 3. The number of amides is 2. The zero-order valence-corrected chi connectivity index (χ0v) is 20.8. The molecular weight excluding hydrogens is 458 g/mol. The van der Waals surface area contributed by atoms with E-state index in [1.165, 1.54) is 9.47 Å². The van der Waals surface area contributed by atoms with E-state index in [1.807, 2.05) is 49.4 Å². The zero-order chi connectivity index (χ0) is 25.8. The van der Waals surface area contributed by atoms with Crippen LogP contribution in [0.5, 0.6) is 0 Å². The molecule has 1 aliphatic rings. The summed E-state index contributed by atoms with van der Waals surface area (Å²) in [5.41, 5.74) is 5.68. The van der Waals surface area contributed by atoms with E-state index in [1.54, 1.807) is 11.8 Å². The number of nitrogen functional groups attached to an aromatic ring is 1. The summed E-state index contributed by atoms with van der Waals surface area (Å²) in [5, 5.41) is 1.92. The van der Waals surface area contributed by atoms with Crippen LogP contribution in [0.1, 0.15) is 49.9 Å². The van der Waals surface area contributed by atoms with Gasteiger partial charge in [-0.2, -0.15) is 0 Å². The lowest BCUT2D eigenvalue weighted by Gasteiger charge is -2.34. The van der Waals surface area contributed by atoms with Crippen molar-refractivity contribution in [1.82, 2.24) is 14.5 Å². The highest BCUT2D eigenvalue weighted by atomic mass is 16.2. The van der Waals surface area contributed by atoms with Crippen LogP contribution in [0.25, 0.3) is 10.8 Å². The monoisotopic (exact) mass is 491 g/mol. The molecule has 1 aliphatic heterocycles. The van der Waals surface area contributed by atoms with Crippen LogP contribution in [0, 0.1) is 5.92 Å². The molecule has 2 amide bonds. The number of likely N-dealkylation sites (tertiary alicyclic amines) is 1. The lowest BCUT2D eigenvalue weighted by molar-refractivity contribution is -0.123. The number of piperidine rings is 1. The molecule has 0 aliphatic carbocycles. The van der Waals surface area contributed by atoms with E-state index in [9.17, 15) is 19.2 Å². The number of benzene rings is 2. The number of aromatic nitrogens is 2. The maximum atomic E-state index is 13.5. The Morgan fingerprint density at radius 1 is 1.06 bits per heavy atom. The number of carbonyl (C=O) groups is 2. The van der Waals surface area contributed by atoms with Gasteiger partial charge < -0.3 is 15.5 Å². The maximum absolute atomic E-state index is 13.5. The Morgan fingerprint density at radius 3 is 2.44 bits per heavy atom. The van der Waals surface area contributed by atoms with Crippen LogP contribution in [0.3, 0.4) is 0 Å². The first-order valence-corrected chi connectivity index (χ1v) is 12.6. The molecule has 0 radical (unpaired) electrons. The van der Waals surface area contributed by atoms with Gasteiger partial charge in [-0.15, -0.1) is 0 Å². The highest BCUT2D eigenvalue weighted by molar-refractivity contribution is 6.07. The van der Waals surface area contributed by atoms with Crippen LogP contribution < -0.4 is 21.9 Å². The summed E-state index contributed by atoms with van der Waals surface area (Å²) < 4.78 is 1.32. The molecular formula is C27H33N5O4. The van der Waals surface area contributed by atoms with E-state index >= 15 is 0 Å². The van der Waals surface area contributed by atoms with Crippen molar-refractivity contribution in [2.75, 3.05) is 30.3 Å². The Morgan fingerprint density at radius 2 is 1.75 bits per heavy atom. The van der Waals surface area contributed by atoms with E-state index in [2.05, 4.69) is 4.98 Å². The fourth-order valence-electron chi connectivity index (χ4n) is 4.93. The van der Waals surface area contributed by atoms with Gasteiger partial charge >= 0.3 is 5.69 Å². The zero-order valence-electron chi connectivity index (χ0n) is 20.8. The number of aromatic amines is 1. The van der Waals surface area contributed by atoms with E-state index < -0.39 is 11.2 Å². The Balaban J connectivity index is 1.51. The van der Waals surface area contributed by atoms with Crippen LogP contribution >= 0.6 is 0 Å². The number of H-pyrrole nitrogens is 1. The lowest BCUT2D eigenvalue weighted by atomic mass is 9.94. The van der Waals surface area contributed by atoms with Crippen molar-refractivity contribution >= 4 is 34.1 Å². The SMILES string of the molecule is CCCCn1c(N)c(N(CC)C(=O)C2CCN(C(=O)c3cccc4ccccc34)CC2)c(=O)[nH]c1=O. The Kier molecular flexibility index (Phi) is 7.57. The first-order valence-electron chi connectivity index (χ1n) is 12.6. The molecule has 190 valence electrons. The quantitative estimate of drug-likeness (QED) is 0.526. The second-order valence-electron chi connectivity index (χ2n) is 9.17. The van der Waals surface area contributed by atoms with Crippen LogP contribution in [0.15, 0.2) is 52.1 Å². The van der Waals surface area contributed by atoms with E-state index in [0.717, 1.165) is 23.6 Å². The second kappa shape index (κ2) is 10.8. The van der Waals surface area contributed by atoms with Crippen LogP contribution in [0.2, 0.25) is 0 Å². The minimum Gasteiger partial charge on any atom is -0.383 e. The number of rotatable bonds is 7. The first kappa shape index (κ1) is 25.2. The Hall–Kier alpha value is -3.88. The van der Waals surface area contributed by atoms with Gasteiger partial charge in [-0.25, -0.2) is 4.79 Å². The molecule has 36 heavy (non-hydrogen) atoms.